The maximum Gasteiger partial charge on any atom is 0.277 e. The van der Waals surface area contributed by atoms with Crippen LogP contribution in [0.1, 0.15) is 81.4 Å². The van der Waals surface area contributed by atoms with Crippen LogP contribution in [0.4, 0.5) is 5.69 Å². The van der Waals surface area contributed by atoms with Crippen molar-refractivity contribution in [2.24, 2.45) is 5.92 Å². The predicted molar refractivity (Wildman–Crippen MR) is 123 cm³/mol. The van der Waals surface area contributed by atoms with Crippen LogP contribution in [0.25, 0.3) is 5.57 Å². The van der Waals surface area contributed by atoms with E-state index in [9.17, 15) is 14.9 Å². The van der Waals surface area contributed by atoms with E-state index in [0.29, 0.717) is 47.2 Å². The van der Waals surface area contributed by atoms with Crippen molar-refractivity contribution in [3.05, 3.63) is 56.3 Å². The molecule has 0 unspecified atom stereocenters. The van der Waals surface area contributed by atoms with Gasteiger partial charge in [-0.1, -0.05) is 32.8 Å². The van der Waals surface area contributed by atoms with Crippen LogP contribution in [0.2, 0.25) is 0 Å². The quantitative estimate of drug-likeness (QED) is 0.264. The van der Waals surface area contributed by atoms with Gasteiger partial charge in [0.05, 0.1) is 23.3 Å². The molecule has 0 saturated carbocycles. The highest BCUT2D eigenvalue weighted by Gasteiger charge is 2.27. The van der Waals surface area contributed by atoms with E-state index < -0.39 is 4.92 Å². The molecular weight excluding hydrogens is 394 g/mol. The monoisotopic (exact) mass is 427 g/mol. The molecule has 0 saturated heterocycles. The van der Waals surface area contributed by atoms with Crippen LogP contribution >= 0.6 is 0 Å². The Morgan fingerprint density at radius 2 is 1.90 bits per heavy atom. The Bertz CT molecular complexity index is 998. The van der Waals surface area contributed by atoms with Gasteiger partial charge >= 0.3 is 0 Å². The summed E-state index contributed by atoms with van der Waals surface area (Å²) in [6, 6.07) is 2.95. The van der Waals surface area contributed by atoms with Crippen molar-refractivity contribution < 1.29 is 14.5 Å². The van der Waals surface area contributed by atoms with Gasteiger partial charge < -0.3 is 4.74 Å². The number of carbonyl (C=O) groups excluding carboxylic acids is 1. The van der Waals surface area contributed by atoms with Crippen LogP contribution in [0.15, 0.2) is 23.9 Å². The molecule has 0 aliphatic rings. The summed E-state index contributed by atoms with van der Waals surface area (Å²) in [5.41, 5.74) is 3.66. The van der Waals surface area contributed by atoms with E-state index in [2.05, 4.69) is 12.0 Å². The van der Waals surface area contributed by atoms with E-state index in [4.69, 9.17) is 4.74 Å². The molecule has 2 rings (SSSR count). The summed E-state index contributed by atoms with van der Waals surface area (Å²) in [5.74, 6) is 0.521. The van der Waals surface area contributed by atoms with Gasteiger partial charge in [-0.25, -0.2) is 4.68 Å². The fraction of sp³-hybridized carbons (Fsp3) is 0.500. The molecule has 1 aromatic carbocycles. The Hall–Kier alpha value is -2.96. The number of nitro groups is 1. The molecule has 0 amide bonds. The second kappa shape index (κ2) is 10.4. The summed E-state index contributed by atoms with van der Waals surface area (Å²) in [5, 5.41) is 16.0. The minimum atomic E-state index is -0.400. The molecule has 1 heterocycles. The Kier molecular flexibility index (Phi) is 8.14. The van der Waals surface area contributed by atoms with Crippen LogP contribution in [0.3, 0.4) is 0 Å². The number of nitro benzene ring substituents is 1. The lowest BCUT2D eigenvalue weighted by atomic mass is 9.90. The fourth-order valence-corrected chi connectivity index (χ4v) is 3.36. The highest BCUT2D eigenvalue weighted by molar-refractivity contribution is 6.12. The number of aryl methyl sites for hydroxylation is 1. The molecule has 2 aromatic rings. The lowest BCUT2D eigenvalue weighted by molar-refractivity contribution is -0.385. The van der Waals surface area contributed by atoms with Crippen LogP contribution in [-0.4, -0.2) is 27.1 Å². The first kappa shape index (κ1) is 24.3. The summed E-state index contributed by atoms with van der Waals surface area (Å²) in [6.07, 6.45) is 3.47. The van der Waals surface area contributed by atoms with Gasteiger partial charge in [0.15, 0.2) is 5.78 Å². The van der Waals surface area contributed by atoms with E-state index in [1.54, 1.807) is 17.8 Å². The standard InChI is InChI=1S/C24H33N3O4/c1-8-9-12-26-24(31-14-15(2)3)20(13-25-26)23(28)19-10-11-21(27(29)30)22(18(19)7)17(6)16(4)5/h10-11,13,15H,8-9,12,14H2,1-7H3. The smallest absolute Gasteiger partial charge is 0.277 e. The Morgan fingerprint density at radius 1 is 1.23 bits per heavy atom. The number of allylic oxidation sites excluding steroid dienone is 2. The molecular formula is C24H33N3O4. The molecule has 31 heavy (non-hydrogen) atoms. The average molecular weight is 428 g/mol. The van der Waals surface area contributed by atoms with Gasteiger partial charge in [-0.3, -0.25) is 14.9 Å². The van der Waals surface area contributed by atoms with E-state index in [1.165, 1.54) is 12.1 Å². The number of aromatic nitrogens is 2. The van der Waals surface area contributed by atoms with Gasteiger partial charge in [0, 0.05) is 18.2 Å². The molecule has 0 aliphatic carbocycles. The van der Waals surface area contributed by atoms with Crippen molar-refractivity contribution in [2.75, 3.05) is 6.61 Å². The van der Waals surface area contributed by atoms with E-state index in [0.717, 1.165) is 24.0 Å². The molecule has 0 atom stereocenters. The molecule has 0 bridgehead atoms. The van der Waals surface area contributed by atoms with Crippen molar-refractivity contribution in [2.45, 2.75) is 67.9 Å². The molecule has 1 aromatic heterocycles. The highest BCUT2D eigenvalue weighted by Crippen LogP contribution is 2.34. The SMILES string of the molecule is CCCCn1ncc(C(=O)c2ccc([N+](=O)[O-])c(C(C)=C(C)C)c2C)c1OCC(C)C. The molecule has 0 radical (unpaired) electrons. The lowest BCUT2D eigenvalue weighted by Crippen LogP contribution is -2.13. The summed E-state index contributed by atoms with van der Waals surface area (Å²) in [6.45, 7) is 14.7. The zero-order valence-corrected chi connectivity index (χ0v) is 19.6. The van der Waals surface area contributed by atoms with Gasteiger partial charge in [0.2, 0.25) is 5.88 Å². The highest BCUT2D eigenvalue weighted by atomic mass is 16.6. The zero-order valence-electron chi connectivity index (χ0n) is 19.6. The third-order valence-corrected chi connectivity index (χ3v) is 5.32. The predicted octanol–water partition coefficient (Wildman–Crippen LogP) is 5.98. The number of ether oxygens (including phenoxy) is 1. The summed E-state index contributed by atoms with van der Waals surface area (Å²) in [7, 11) is 0. The number of rotatable bonds is 10. The summed E-state index contributed by atoms with van der Waals surface area (Å²) in [4.78, 5) is 24.8. The first-order chi connectivity index (χ1) is 14.6. The van der Waals surface area contributed by atoms with Crippen molar-refractivity contribution in [3.63, 3.8) is 0 Å². The number of ketones is 1. The Labute approximate surface area is 184 Å². The third-order valence-electron chi connectivity index (χ3n) is 5.32. The van der Waals surface area contributed by atoms with Gasteiger partial charge in [-0.2, -0.15) is 5.10 Å². The third kappa shape index (κ3) is 5.40. The minimum Gasteiger partial charge on any atom is -0.477 e. The summed E-state index contributed by atoms with van der Waals surface area (Å²) < 4.78 is 7.73. The number of nitrogens with zero attached hydrogens (tertiary/aromatic N) is 3. The largest absolute Gasteiger partial charge is 0.477 e. The van der Waals surface area contributed by atoms with Crippen molar-refractivity contribution >= 4 is 17.0 Å². The van der Waals surface area contributed by atoms with Crippen molar-refractivity contribution in [1.82, 2.24) is 9.78 Å². The van der Waals surface area contributed by atoms with Crippen LogP contribution < -0.4 is 4.74 Å². The number of unbranched alkanes of at least 4 members (excludes halogenated alkanes) is 1. The topological polar surface area (TPSA) is 87.3 Å². The molecule has 0 N–H and O–H groups in total. The first-order valence-corrected chi connectivity index (χ1v) is 10.8. The van der Waals surface area contributed by atoms with E-state index in [-0.39, 0.29) is 11.5 Å². The molecule has 7 nitrogen and oxygen atoms in total. The van der Waals surface area contributed by atoms with Crippen LogP contribution in [0.5, 0.6) is 5.88 Å². The average Bonchev–Trinajstić information content (AvgIpc) is 3.11. The number of hydrogen-bond acceptors (Lipinski definition) is 5. The van der Waals surface area contributed by atoms with Crippen LogP contribution in [0, 0.1) is 23.0 Å². The molecule has 168 valence electrons. The molecule has 7 heteroatoms. The first-order valence-electron chi connectivity index (χ1n) is 10.8. The lowest BCUT2D eigenvalue weighted by Gasteiger charge is -2.15. The second-order valence-electron chi connectivity index (χ2n) is 8.49. The maximum atomic E-state index is 13.5. The number of carbonyl (C=O) groups is 1. The molecule has 0 spiro atoms. The fourth-order valence-electron chi connectivity index (χ4n) is 3.36. The van der Waals surface area contributed by atoms with Crippen molar-refractivity contribution in [1.29, 1.82) is 0 Å². The van der Waals surface area contributed by atoms with Gasteiger partial charge in [0.1, 0.15) is 5.56 Å². The van der Waals surface area contributed by atoms with Crippen LogP contribution in [-0.2, 0) is 6.54 Å². The van der Waals surface area contributed by atoms with Gasteiger partial charge in [0.25, 0.3) is 5.69 Å². The zero-order chi connectivity index (χ0) is 23.3. The minimum absolute atomic E-state index is 0.00247. The Morgan fingerprint density at radius 3 is 2.45 bits per heavy atom. The van der Waals surface area contributed by atoms with Crippen molar-refractivity contribution in [3.8, 4) is 5.88 Å². The normalized spacial score (nSPS) is 11.0. The van der Waals surface area contributed by atoms with E-state index in [1.807, 2.05) is 34.6 Å². The Balaban J connectivity index is 2.61. The second-order valence-corrected chi connectivity index (χ2v) is 8.49. The molecule has 0 aliphatic heterocycles. The number of benzene rings is 1. The van der Waals surface area contributed by atoms with E-state index >= 15 is 0 Å². The van der Waals surface area contributed by atoms with Gasteiger partial charge in [-0.05, 0) is 57.2 Å². The molecule has 0 fully saturated rings. The maximum absolute atomic E-state index is 13.5. The summed E-state index contributed by atoms with van der Waals surface area (Å²) >= 11 is 0. The van der Waals surface area contributed by atoms with Gasteiger partial charge in [-0.15, -0.1) is 0 Å². The number of hydrogen-bond donors (Lipinski definition) is 0.